The summed E-state index contributed by atoms with van der Waals surface area (Å²) in [6.07, 6.45) is 4.63. The Balaban J connectivity index is 1.56. The molecule has 2 aliphatic heterocycles. The molecule has 0 aliphatic carbocycles. The third-order valence-electron chi connectivity index (χ3n) is 5.56. The van der Waals surface area contributed by atoms with Crippen molar-refractivity contribution in [3.8, 4) is 5.75 Å². The first kappa shape index (κ1) is 19.3. The summed E-state index contributed by atoms with van der Waals surface area (Å²) in [6.45, 7) is 4.77. The molecule has 0 amide bonds. The van der Waals surface area contributed by atoms with E-state index < -0.39 is 5.60 Å². The molecule has 4 rings (SSSR count). The van der Waals surface area contributed by atoms with Gasteiger partial charge in [-0.2, -0.15) is 0 Å². The normalized spacial score (nSPS) is 25.6. The maximum Gasteiger partial charge on any atom is 0.170 e. The second-order valence-electron chi connectivity index (χ2n) is 7.94. The van der Waals surface area contributed by atoms with Gasteiger partial charge in [-0.3, -0.25) is 4.90 Å². The highest BCUT2D eigenvalue weighted by Gasteiger charge is 2.41. The van der Waals surface area contributed by atoms with Crippen molar-refractivity contribution in [1.29, 1.82) is 0 Å². The Hall–Kier alpha value is -2.04. The van der Waals surface area contributed by atoms with Crippen LogP contribution in [0.2, 0.25) is 5.02 Å². The minimum Gasteiger partial charge on any atom is -0.489 e. The fraction of sp³-hybridized carbons (Fsp3) is 0.435. The third-order valence-corrected chi connectivity index (χ3v) is 5.82. The molecule has 2 aliphatic rings. The van der Waals surface area contributed by atoms with E-state index in [1.54, 1.807) is 0 Å². The SMILES string of the molecule is CC1(COc2ccccc2)CC(N2CCCCC2)C(c2ccc(Cl)cc2)=NO1. The standard InChI is InChI=1S/C23H27ClN2O2/c1-23(17-27-20-8-4-2-5-9-20)16-21(26-14-6-3-7-15-26)22(25-28-23)18-10-12-19(24)13-11-18/h2,4-5,8-13,21H,3,6-7,14-17H2,1H3. The quantitative estimate of drug-likeness (QED) is 0.697. The molecule has 0 bridgehead atoms. The highest BCUT2D eigenvalue weighted by atomic mass is 35.5. The van der Waals surface area contributed by atoms with E-state index in [4.69, 9.17) is 21.2 Å². The minimum absolute atomic E-state index is 0.222. The Bertz CT molecular complexity index is 803. The summed E-state index contributed by atoms with van der Waals surface area (Å²) in [5, 5.41) is 5.34. The molecule has 1 saturated heterocycles. The number of piperidine rings is 1. The highest BCUT2D eigenvalue weighted by molar-refractivity contribution is 6.30. The monoisotopic (exact) mass is 398 g/mol. The van der Waals surface area contributed by atoms with Crippen LogP contribution in [0, 0.1) is 0 Å². The van der Waals surface area contributed by atoms with Gasteiger partial charge in [0.2, 0.25) is 0 Å². The fourth-order valence-corrected chi connectivity index (χ4v) is 4.12. The number of hydrogen-bond acceptors (Lipinski definition) is 4. The molecule has 0 spiro atoms. The predicted molar refractivity (Wildman–Crippen MR) is 113 cm³/mol. The van der Waals surface area contributed by atoms with Gasteiger partial charge in [-0.15, -0.1) is 0 Å². The summed E-state index contributed by atoms with van der Waals surface area (Å²) in [5.74, 6) is 0.856. The van der Waals surface area contributed by atoms with Crippen molar-refractivity contribution in [2.24, 2.45) is 5.16 Å². The molecule has 2 heterocycles. The van der Waals surface area contributed by atoms with E-state index in [1.807, 2.05) is 54.6 Å². The average molecular weight is 399 g/mol. The van der Waals surface area contributed by atoms with Crippen LogP contribution >= 0.6 is 11.6 Å². The van der Waals surface area contributed by atoms with Gasteiger partial charge >= 0.3 is 0 Å². The van der Waals surface area contributed by atoms with Crippen molar-refractivity contribution < 1.29 is 9.57 Å². The van der Waals surface area contributed by atoms with Crippen LogP contribution in [0.4, 0.5) is 0 Å². The van der Waals surface area contributed by atoms with Gasteiger partial charge in [0.05, 0.1) is 6.04 Å². The van der Waals surface area contributed by atoms with Crippen molar-refractivity contribution in [2.45, 2.75) is 44.2 Å². The topological polar surface area (TPSA) is 34.1 Å². The number of ether oxygens (including phenoxy) is 1. The smallest absolute Gasteiger partial charge is 0.170 e. The predicted octanol–water partition coefficient (Wildman–Crippen LogP) is 5.16. The van der Waals surface area contributed by atoms with Crippen LogP contribution in [0.3, 0.4) is 0 Å². The van der Waals surface area contributed by atoms with Crippen LogP contribution in [0.5, 0.6) is 5.75 Å². The summed E-state index contributed by atoms with van der Waals surface area (Å²) in [4.78, 5) is 8.56. The third kappa shape index (κ3) is 4.50. The number of benzene rings is 2. The zero-order chi connectivity index (χ0) is 19.4. The van der Waals surface area contributed by atoms with Crippen LogP contribution in [0.15, 0.2) is 59.8 Å². The lowest BCUT2D eigenvalue weighted by Gasteiger charge is -2.42. The minimum atomic E-state index is -0.464. The molecular formula is C23H27ClN2O2. The number of oxime groups is 1. The molecule has 2 aromatic carbocycles. The number of para-hydroxylation sites is 1. The molecule has 4 nitrogen and oxygen atoms in total. The lowest BCUT2D eigenvalue weighted by atomic mass is 9.88. The Morgan fingerprint density at radius 1 is 1.07 bits per heavy atom. The van der Waals surface area contributed by atoms with Gasteiger partial charge < -0.3 is 9.57 Å². The zero-order valence-corrected chi connectivity index (χ0v) is 17.1. The molecule has 5 heteroatoms. The van der Waals surface area contributed by atoms with Gasteiger partial charge in [-0.05, 0) is 57.1 Å². The largest absolute Gasteiger partial charge is 0.489 e. The van der Waals surface area contributed by atoms with Crippen LogP contribution in [0.25, 0.3) is 0 Å². The Morgan fingerprint density at radius 3 is 2.50 bits per heavy atom. The van der Waals surface area contributed by atoms with Crippen molar-refractivity contribution in [1.82, 2.24) is 4.90 Å². The zero-order valence-electron chi connectivity index (χ0n) is 16.3. The maximum absolute atomic E-state index is 6.08. The average Bonchev–Trinajstić information content (AvgIpc) is 2.75. The van der Waals surface area contributed by atoms with Gasteiger partial charge in [0.25, 0.3) is 0 Å². The molecule has 0 aromatic heterocycles. The van der Waals surface area contributed by atoms with Crippen molar-refractivity contribution >= 4 is 17.3 Å². The van der Waals surface area contributed by atoms with Crippen molar-refractivity contribution in [3.63, 3.8) is 0 Å². The number of hydrogen-bond donors (Lipinski definition) is 0. The van der Waals surface area contributed by atoms with Crippen LogP contribution in [0.1, 0.15) is 38.2 Å². The fourth-order valence-electron chi connectivity index (χ4n) is 4.00. The first-order chi connectivity index (χ1) is 13.6. The van der Waals surface area contributed by atoms with E-state index in [2.05, 4.69) is 17.0 Å². The molecule has 1 fully saturated rings. The van der Waals surface area contributed by atoms with E-state index in [-0.39, 0.29) is 6.04 Å². The molecule has 0 saturated carbocycles. The van der Waals surface area contributed by atoms with E-state index >= 15 is 0 Å². The van der Waals surface area contributed by atoms with Crippen molar-refractivity contribution in [2.75, 3.05) is 19.7 Å². The summed E-state index contributed by atoms with van der Waals surface area (Å²) in [5.41, 5.74) is 1.61. The molecule has 28 heavy (non-hydrogen) atoms. The molecule has 2 atom stereocenters. The van der Waals surface area contributed by atoms with Gasteiger partial charge in [-0.1, -0.05) is 53.5 Å². The lowest BCUT2D eigenvalue weighted by molar-refractivity contribution is -0.0851. The molecule has 0 N–H and O–H groups in total. The first-order valence-electron chi connectivity index (χ1n) is 10.1. The number of nitrogens with zero attached hydrogens (tertiary/aromatic N) is 2. The van der Waals surface area contributed by atoms with E-state index in [9.17, 15) is 0 Å². The van der Waals surface area contributed by atoms with Crippen LogP contribution < -0.4 is 4.74 Å². The first-order valence-corrected chi connectivity index (χ1v) is 10.4. The van der Waals surface area contributed by atoms with Crippen LogP contribution in [-0.2, 0) is 4.84 Å². The van der Waals surface area contributed by atoms with E-state index in [0.29, 0.717) is 6.61 Å². The van der Waals surface area contributed by atoms with E-state index in [0.717, 1.165) is 41.6 Å². The molecule has 2 aromatic rings. The number of rotatable bonds is 5. The molecule has 2 unspecified atom stereocenters. The number of halogens is 1. The Kier molecular flexibility index (Phi) is 5.88. The molecule has 0 radical (unpaired) electrons. The van der Waals surface area contributed by atoms with E-state index in [1.165, 1.54) is 19.3 Å². The summed E-state index contributed by atoms with van der Waals surface area (Å²) >= 11 is 6.08. The van der Waals surface area contributed by atoms with Gasteiger partial charge in [0.1, 0.15) is 18.1 Å². The molecule has 148 valence electrons. The second-order valence-corrected chi connectivity index (χ2v) is 8.38. The van der Waals surface area contributed by atoms with Gasteiger partial charge in [0.15, 0.2) is 5.60 Å². The number of likely N-dealkylation sites (tertiary alicyclic amines) is 1. The molecular weight excluding hydrogens is 372 g/mol. The summed E-state index contributed by atoms with van der Waals surface area (Å²) in [6, 6.07) is 18.0. The maximum atomic E-state index is 6.08. The van der Waals surface area contributed by atoms with Gasteiger partial charge in [0, 0.05) is 17.0 Å². The van der Waals surface area contributed by atoms with Crippen LogP contribution in [-0.4, -0.2) is 42.0 Å². The summed E-state index contributed by atoms with van der Waals surface area (Å²) in [7, 11) is 0. The van der Waals surface area contributed by atoms with Gasteiger partial charge in [-0.25, -0.2) is 0 Å². The van der Waals surface area contributed by atoms with Crippen molar-refractivity contribution in [3.05, 3.63) is 65.2 Å². The summed E-state index contributed by atoms with van der Waals surface area (Å²) < 4.78 is 6.01. The second kappa shape index (κ2) is 8.54. The lowest BCUT2D eigenvalue weighted by Crippen LogP contribution is -2.53. The highest BCUT2D eigenvalue weighted by Crippen LogP contribution is 2.31. The Labute approximate surface area is 172 Å². The Morgan fingerprint density at radius 2 is 1.79 bits per heavy atom.